The minimum Gasteiger partial charge on any atom is -0.384 e. The van der Waals surface area contributed by atoms with E-state index >= 15 is 0 Å². The molecule has 0 amide bonds. The molecule has 0 bridgehead atoms. The first kappa shape index (κ1) is 20.7. The lowest BCUT2D eigenvalue weighted by molar-refractivity contribution is -0.00555. The first-order valence-corrected chi connectivity index (χ1v) is 11.1. The Hall–Kier alpha value is -1.55. The minimum absolute atomic E-state index is 0.122. The van der Waals surface area contributed by atoms with Gasteiger partial charge in [-0.1, -0.05) is 5.21 Å². The van der Waals surface area contributed by atoms with Gasteiger partial charge in [-0.15, -0.1) is 16.4 Å². The molecule has 0 spiro atoms. The molecule has 9 heteroatoms. The molecule has 160 valence electrons. The zero-order chi connectivity index (χ0) is 20.8. The standard InChI is InChI=1S/C20H32N6O2S/c1-20(2,27)18-12-26(23-22-18)16-6-13-9-25(10-14(13)7-17(16)28-5)11-15-8-21-19(29-15)24(3)4/h8,12-14,16-17,27H,6-7,9-11H2,1-5H3/t13-,14+,16-,17-/m1/s1. The number of ether oxygens (including phenoxy) is 1. The molecule has 1 saturated carbocycles. The number of rotatable bonds is 6. The summed E-state index contributed by atoms with van der Waals surface area (Å²) in [4.78, 5) is 10.4. The fourth-order valence-corrected chi connectivity index (χ4v) is 5.54. The Morgan fingerprint density at radius 1 is 1.28 bits per heavy atom. The molecular weight excluding hydrogens is 388 g/mol. The highest BCUT2D eigenvalue weighted by Gasteiger charge is 2.43. The van der Waals surface area contributed by atoms with Crippen LogP contribution < -0.4 is 4.90 Å². The second-order valence-electron chi connectivity index (χ2n) is 9.17. The molecule has 2 aliphatic rings. The Morgan fingerprint density at radius 3 is 2.59 bits per heavy atom. The molecule has 4 rings (SSSR count). The van der Waals surface area contributed by atoms with Crippen LogP contribution in [0.1, 0.15) is 43.3 Å². The van der Waals surface area contributed by atoms with E-state index in [2.05, 4.69) is 25.1 Å². The maximum atomic E-state index is 10.2. The molecule has 0 aromatic carbocycles. The third-order valence-electron chi connectivity index (χ3n) is 6.24. The van der Waals surface area contributed by atoms with Gasteiger partial charge in [-0.2, -0.15) is 0 Å². The second kappa shape index (κ2) is 7.94. The van der Waals surface area contributed by atoms with Gasteiger partial charge in [0.2, 0.25) is 0 Å². The lowest BCUT2D eigenvalue weighted by Gasteiger charge is -2.37. The zero-order valence-corrected chi connectivity index (χ0v) is 18.8. The maximum Gasteiger partial charge on any atom is 0.185 e. The van der Waals surface area contributed by atoms with Gasteiger partial charge in [-0.05, 0) is 38.5 Å². The lowest BCUT2D eigenvalue weighted by atomic mass is 9.77. The van der Waals surface area contributed by atoms with E-state index in [1.807, 2.05) is 31.2 Å². The van der Waals surface area contributed by atoms with Gasteiger partial charge in [0.25, 0.3) is 0 Å². The molecule has 1 aliphatic carbocycles. The molecule has 29 heavy (non-hydrogen) atoms. The molecule has 2 fully saturated rings. The number of anilines is 1. The molecule has 4 atom stereocenters. The van der Waals surface area contributed by atoms with Gasteiger partial charge in [0.05, 0.1) is 18.3 Å². The first-order valence-electron chi connectivity index (χ1n) is 10.3. The summed E-state index contributed by atoms with van der Waals surface area (Å²) in [6.45, 7) is 6.65. The molecule has 1 aliphatic heterocycles. The van der Waals surface area contributed by atoms with Crippen LogP contribution >= 0.6 is 11.3 Å². The number of methoxy groups -OCH3 is 1. The average molecular weight is 421 g/mol. The summed E-state index contributed by atoms with van der Waals surface area (Å²) in [7, 11) is 5.86. The number of hydrogen-bond acceptors (Lipinski definition) is 8. The molecule has 3 heterocycles. The third-order valence-corrected chi connectivity index (χ3v) is 7.39. The zero-order valence-electron chi connectivity index (χ0n) is 17.9. The smallest absolute Gasteiger partial charge is 0.185 e. The molecule has 1 saturated heterocycles. The number of aromatic nitrogens is 4. The van der Waals surface area contributed by atoms with Crippen LogP contribution in [0.15, 0.2) is 12.4 Å². The molecule has 8 nitrogen and oxygen atoms in total. The van der Waals surface area contributed by atoms with Crippen molar-refractivity contribution >= 4 is 16.5 Å². The highest BCUT2D eigenvalue weighted by molar-refractivity contribution is 7.15. The fourth-order valence-electron chi connectivity index (χ4n) is 4.66. The van der Waals surface area contributed by atoms with Crippen LogP contribution in [0.5, 0.6) is 0 Å². The first-order chi connectivity index (χ1) is 13.7. The van der Waals surface area contributed by atoms with Gasteiger partial charge in [0.1, 0.15) is 11.3 Å². The van der Waals surface area contributed by atoms with Crippen molar-refractivity contribution < 1.29 is 9.84 Å². The van der Waals surface area contributed by atoms with Crippen molar-refractivity contribution in [2.75, 3.05) is 39.2 Å². The van der Waals surface area contributed by atoms with Crippen molar-refractivity contribution in [3.63, 3.8) is 0 Å². The summed E-state index contributed by atoms with van der Waals surface area (Å²) in [6, 6.07) is 0.161. The van der Waals surface area contributed by atoms with Crippen LogP contribution in [-0.4, -0.2) is 70.4 Å². The average Bonchev–Trinajstić information content (AvgIpc) is 3.38. The summed E-state index contributed by atoms with van der Waals surface area (Å²) in [5, 5.41) is 19.8. The summed E-state index contributed by atoms with van der Waals surface area (Å²) in [5.41, 5.74) is -0.382. The van der Waals surface area contributed by atoms with E-state index in [0.29, 0.717) is 17.5 Å². The van der Waals surface area contributed by atoms with Gasteiger partial charge < -0.3 is 14.7 Å². The van der Waals surface area contributed by atoms with Crippen LogP contribution in [0.2, 0.25) is 0 Å². The number of hydrogen-bond donors (Lipinski definition) is 1. The van der Waals surface area contributed by atoms with E-state index in [4.69, 9.17) is 4.74 Å². The number of likely N-dealkylation sites (tertiary alicyclic amines) is 1. The fraction of sp³-hybridized carbons (Fsp3) is 0.750. The van der Waals surface area contributed by atoms with Gasteiger partial charge in [0, 0.05) is 51.9 Å². The van der Waals surface area contributed by atoms with Crippen molar-refractivity contribution in [1.82, 2.24) is 24.9 Å². The quantitative estimate of drug-likeness (QED) is 0.767. The molecule has 2 aromatic rings. The van der Waals surface area contributed by atoms with E-state index in [0.717, 1.165) is 37.6 Å². The third kappa shape index (κ3) is 4.33. The van der Waals surface area contributed by atoms with Crippen molar-refractivity contribution in [3.8, 4) is 0 Å². The van der Waals surface area contributed by atoms with Gasteiger partial charge in [-0.25, -0.2) is 9.67 Å². The Labute approximate surface area is 176 Å². The number of nitrogens with zero attached hydrogens (tertiary/aromatic N) is 6. The van der Waals surface area contributed by atoms with Crippen molar-refractivity contribution in [1.29, 1.82) is 0 Å². The van der Waals surface area contributed by atoms with Crippen LogP contribution in [0, 0.1) is 11.8 Å². The van der Waals surface area contributed by atoms with Gasteiger partial charge >= 0.3 is 0 Å². The predicted molar refractivity (Wildman–Crippen MR) is 113 cm³/mol. The highest BCUT2D eigenvalue weighted by Crippen LogP contribution is 2.43. The molecule has 0 unspecified atom stereocenters. The Morgan fingerprint density at radius 2 is 2.00 bits per heavy atom. The van der Waals surface area contributed by atoms with Crippen LogP contribution in [0.25, 0.3) is 0 Å². The summed E-state index contributed by atoms with van der Waals surface area (Å²) < 4.78 is 7.77. The van der Waals surface area contributed by atoms with E-state index in [9.17, 15) is 5.11 Å². The van der Waals surface area contributed by atoms with Gasteiger partial charge in [0.15, 0.2) is 5.13 Å². The van der Waals surface area contributed by atoms with Crippen LogP contribution in [-0.2, 0) is 16.9 Å². The van der Waals surface area contributed by atoms with Crippen LogP contribution in [0.4, 0.5) is 5.13 Å². The van der Waals surface area contributed by atoms with Crippen molar-refractivity contribution in [3.05, 3.63) is 23.0 Å². The summed E-state index contributed by atoms with van der Waals surface area (Å²) >= 11 is 1.77. The van der Waals surface area contributed by atoms with Crippen LogP contribution in [0.3, 0.4) is 0 Å². The van der Waals surface area contributed by atoms with E-state index in [1.165, 1.54) is 4.88 Å². The molecule has 2 aromatic heterocycles. The second-order valence-corrected chi connectivity index (χ2v) is 10.3. The summed E-state index contributed by atoms with van der Waals surface area (Å²) in [5.74, 6) is 1.28. The topological polar surface area (TPSA) is 79.5 Å². The number of thiazole rings is 1. The number of aliphatic hydroxyl groups is 1. The predicted octanol–water partition coefficient (Wildman–Crippen LogP) is 2.13. The van der Waals surface area contributed by atoms with E-state index in [1.54, 1.807) is 32.3 Å². The van der Waals surface area contributed by atoms with Crippen molar-refractivity contribution in [2.45, 2.75) is 51.0 Å². The molecule has 1 N–H and O–H groups in total. The van der Waals surface area contributed by atoms with E-state index in [-0.39, 0.29) is 12.1 Å². The van der Waals surface area contributed by atoms with Crippen molar-refractivity contribution in [2.24, 2.45) is 11.8 Å². The lowest BCUT2D eigenvalue weighted by Crippen LogP contribution is -2.37. The normalized spacial score (nSPS) is 27.9. The molecule has 0 radical (unpaired) electrons. The Kier molecular flexibility index (Phi) is 5.67. The largest absolute Gasteiger partial charge is 0.384 e. The Bertz CT molecular complexity index is 829. The van der Waals surface area contributed by atoms with Gasteiger partial charge in [-0.3, -0.25) is 4.90 Å². The highest BCUT2D eigenvalue weighted by atomic mass is 32.1. The monoisotopic (exact) mass is 420 g/mol. The van der Waals surface area contributed by atoms with E-state index < -0.39 is 5.60 Å². The Balaban J connectivity index is 1.44. The molecular formula is C20H32N6O2S. The minimum atomic E-state index is -0.984. The SMILES string of the molecule is CO[C@@H]1C[C@H]2CN(Cc3cnc(N(C)C)s3)C[C@H]2C[C@H]1n1cc(C(C)(C)O)nn1. The maximum absolute atomic E-state index is 10.2. The summed E-state index contributed by atoms with van der Waals surface area (Å²) in [6.07, 6.45) is 6.07. The number of fused-ring (bicyclic) bond motifs is 1.